The van der Waals surface area contributed by atoms with Gasteiger partial charge in [-0.1, -0.05) is 24.3 Å². The normalized spacial score (nSPS) is 14.0. The molecule has 0 saturated carbocycles. The fourth-order valence-corrected chi connectivity index (χ4v) is 1.34. The maximum Gasteiger partial charge on any atom is 0 e. The van der Waals surface area contributed by atoms with E-state index < -0.39 is 0 Å². The second-order valence-corrected chi connectivity index (χ2v) is 2.44. The van der Waals surface area contributed by atoms with Crippen LogP contribution in [0, 0.1) is 6.42 Å². The van der Waals surface area contributed by atoms with Crippen molar-refractivity contribution in [3.63, 3.8) is 0 Å². The quantitative estimate of drug-likeness (QED) is 0.517. The average molecular weight is 165 g/mol. The molecule has 0 N–H and O–H groups in total. The third kappa shape index (κ3) is 1.33. The Morgan fingerprint density at radius 3 is 2.70 bits per heavy atom. The molecule has 0 amide bonds. The standard InChI is InChI=1S/C9H9.Ti/c1-2-5-9-7-3-6-8(9)4-1;/h1-2,4-6H,3,7H2;. The molecule has 1 aliphatic carbocycles. The van der Waals surface area contributed by atoms with Gasteiger partial charge < -0.3 is 0 Å². The molecular weight excluding hydrogens is 156 g/mol. The van der Waals surface area contributed by atoms with E-state index in [1.54, 1.807) is 0 Å². The van der Waals surface area contributed by atoms with Gasteiger partial charge in [-0.2, -0.15) is 0 Å². The third-order valence-corrected chi connectivity index (χ3v) is 1.83. The molecule has 0 fully saturated rings. The molecule has 1 aliphatic rings. The third-order valence-electron chi connectivity index (χ3n) is 1.83. The molecule has 1 aromatic carbocycles. The molecule has 0 nitrogen and oxygen atoms in total. The largest absolute Gasteiger partial charge is 0.0620 e. The Balaban J connectivity index is 0.000000500. The van der Waals surface area contributed by atoms with Crippen molar-refractivity contribution in [1.82, 2.24) is 0 Å². The first-order valence-electron chi connectivity index (χ1n) is 3.38. The van der Waals surface area contributed by atoms with Crippen molar-refractivity contribution in [2.75, 3.05) is 0 Å². The predicted molar refractivity (Wildman–Crippen MR) is 38.2 cm³/mol. The summed E-state index contributed by atoms with van der Waals surface area (Å²) in [6.07, 6.45) is 4.78. The first-order chi connectivity index (χ1) is 4.47. The fraction of sp³-hybridized carbons (Fsp3) is 0.222. The zero-order valence-electron chi connectivity index (χ0n) is 5.80. The van der Waals surface area contributed by atoms with Crippen LogP contribution in [0.1, 0.15) is 17.5 Å². The fourth-order valence-electron chi connectivity index (χ4n) is 1.34. The van der Waals surface area contributed by atoms with Gasteiger partial charge in [-0.15, -0.1) is 0 Å². The summed E-state index contributed by atoms with van der Waals surface area (Å²) >= 11 is 0. The number of fused-ring (bicyclic) bond motifs is 1. The van der Waals surface area contributed by atoms with Crippen LogP contribution in [-0.4, -0.2) is 0 Å². The summed E-state index contributed by atoms with van der Waals surface area (Å²) in [6, 6.07) is 8.60. The van der Waals surface area contributed by atoms with Crippen LogP contribution in [0.15, 0.2) is 24.3 Å². The van der Waals surface area contributed by atoms with E-state index in [9.17, 15) is 0 Å². The number of aryl methyl sites for hydroxylation is 1. The zero-order valence-corrected chi connectivity index (χ0v) is 7.36. The first kappa shape index (κ1) is 8.03. The SMILES string of the molecule is [CH]1CCc2ccccc21.[Ti]. The topological polar surface area (TPSA) is 0 Å². The Bertz CT molecular complexity index is 195. The van der Waals surface area contributed by atoms with E-state index in [0.717, 1.165) is 0 Å². The van der Waals surface area contributed by atoms with Crippen molar-refractivity contribution in [2.45, 2.75) is 12.8 Å². The average Bonchev–Trinajstić information content (AvgIpc) is 2.33. The van der Waals surface area contributed by atoms with Gasteiger partial charge >= 0.3 is 0 Å². The molecule has 10 heavy (non-hydrogen) atoms. The maximum atomic E-state index is 2.30. The summed E-state index contributed by atoms with van der Waals surface area (Å²) in [4.78, 5) is 0. The second kappa shape index (κ2) is 3.36. The van der Waals surface area contributed by atoms with Crippen LogP contribution in [0.2, 0.25) is 0 Å². The molecule has 1 aromatic rings. The molecule has 0 saturated heterocycles. The molecule has 2 rings (SSSR count). The van der Waals surface area contributed by atoms with Crippen LogP contribution in [-0.2, 0) is 28.1 Å². The maximum absolute atomic E-state index is 2.30. The molecule has 1 radical (unpaired) electrons. The van der Waals surface area contributed by atoms with Gasteiger partial charge in [-0.05, 0) is 30.4 Å². The van der Waals surface area contributed by atoms with Crippen LogP contribution in [0.5, 0.6) is 0 Å². The Morgan fingerprint density at radius 2 is 1.90 bits per heavy atom. The minimum Gasteiger partial charge on any atom is -0.0620 e. The van der Waals surface area contributed by atoms with E-state index in [0.29, 0.717) is 0 Å². The van der Waals surface area contributed by atoms with Gasteiger partial charge in [0.2, 0.25) is 0 Å². The Hall–Kier alpha value is -0.0657. The number of rotatable bonds is 0. The number of benzene rings is 1. The summed E-state index contributed by atoms with van der Waals surface area (Å²) in [7, 11) is 0. The molecule has 0 spiro atoms. The summed E-state index contributed by atoms with van der Waals surface area (Å²) in [5, 5.41) is 0. The Kier molecular flexibility index (Phi) is 2.70. The second-order valence-electron chi connectivity index (χ2n) is 2.44. The van der Waals surface area contributed by atoms with Crippen molar-refractivity contribution in [1.29, 1.82) is 0 Å². The van der Waals surface area contributed by atoms with E-state index in [4.69, 9.17) is 0 Å². The van der Waals surface area contributed by atoms with Crippen LogP contribution in [0.4, 0.5) is 0 Å². The van der Waals surface area contributed by atoms with Crippen molar-refractivity contribution >= 4 is 0 Å². The zero-order chi connectivity index (χ0) is 6.10. The van der Waals surface area contributed by atoms with Crippen LogP contribution >= 0.6 is 0 Å². The number of hydrogen-bond acceptors (Lipinski definition) is 0. The van der Waals surface area contributed by atoms with Crippen molar-refractivity contribution in [3.05, 3.63) is 41.8 Å². The first-order valence-corrected chi connectivity index (χ1v) is 3.38. The van der Waals surface area contributed by atoms with Gasteiger partial charge in [0.05, 0.1) is 0 Å². The molecule has 0 aliphatic heterocycles. The predicted octanol–water partition coefficient (Wildman–Crippen LogP) is 2.18. The summed E-state index contributed by atoms with van der Waals surface area (Å²) in [6.45, 7) is 0. The van der Waals surface area contributed by atoms with Gasteiger partial charge in [0.15, 0.2) is 0 Å². The molecule has 0 bridgehead atoms. The monoisotopic (exact) mass is 165 g/mol. The van der Waals surface area contributed by atoms with Crippen LogP contribution in [0.3, 0.4) is 0 Å². The summed E-state index contributed by atoms with van der Waals surface area (Å²) in [5.41, 5.74) is 2.95. The van der Waals surface area contributed by atoms with Crippen molar-refractivity contribution in [2.24, 2.45) is 0 Å². The van der Waals surface area contributed by atoms with Gasteiger partial charge in [-0.3, -0.25) is 0 Å². The Labute approximate surface area is 76.5 Å². The molecule has 49 valence electrons. The molecule has 0 unspecified atom stereocenters. The van der Waals surface area contributed by atoms with E-state index in [1.807, 2.05) is 0 Å². The van der Waals surface area contributed by atoms with E-state index in [2.05, 4.69) is 30.7 Å². The number of hydrogen-bond donors (Lipinski definition) is 0. The minimum absolute atomic E-state index is 0. The minimum atomic E-state index is 0. The van der Waals surface area contributed by atoms with Crippen molar-refractivity contribution < 1.29 is 21.7 Å². The molecular formula is C9H9Ti. The van der Waals surface area contributed by atoms with E-state index >= 15 is 0 Å². The summed E-state index contributed by atoms with van der Waals surface area (Å²) < 4.78 is 0. The molecule has 1 heteroatoms. The van der Waals surface area contributed by atoms with E-state index in [-0.39, 0.29) is 21.7 Å². The summed E-state index contributed by atoms with van der Waals surface area (Å²) in [5.74, 6) is 0. The van der Waals surface area contributed by atoms with E-state index in [1.165, 1.54) is 24.0 Å². The van der Waals surface area contributed by atoms with Gasteiger partial charge in [0.25, 0.3) is 0 Å². The molecule has 0 heterocycles. The van der Waals surface area contributed by atoms with Crippen molar-refractivity contribution in [3.8, 4) is 0 Å². The molecule has 0 atom stereocenters. The van der Waals surface area contributed by atoms with Gasteiger partial charge in [-0.25, -0.2) is 0 Å². The van der Waals surface area contributed by atoms with Gasteiger partial charge in [0, 0.05) is 21.7 Å². The Morgan fingerprint density at radius 1 is 1.10 bits per heavy atom. The van der Waals surface area contributed by atoms with Crippen LogP contribution in [0.25, 0.3) is 0 Å². The van der Waals surface area contributed by atoms with Gasteiger partial charge in [0.1, 0.15) is 0 Å². The molecule has 0 aromatic heterocycles. The van der Waals surface area contributed by atoms with Crippen LogP contribution < -0.4 is 0 Å². The smallest absolute Gasteiger partial charge is 0 e.